The number of fused-ring (bicyclic) bond motifs is 1. The van der Waals surface area contributed by atoms with Crippen LogP contribution >= 0.6 is 11.3 Å². The fourth-order valence-corrected chi connectivity index (χ4v) is 4.14. The number of hydrogen-bond acceptors (Lipinski definition) is 3. The summed E-state index contributed by atoms with van der Waals surface area (Å²) in [4.78, 5) is 14.5. The van der Waals surface area contributed by atoms with E-state index in [-0.39, 0.29) is 18.1 Å². The van der Waals surface area contributed by atoms with Crippen LogP contribution in [0.4, 0.5) is 4.79 Å². The van der Waals surface area contributed by atoms with Gasteiger partial charge in [-0.2, -0.15) is 0 Å². The van der Waals surface area contributed by atoms with Gasteiger partial charge in [-0.1, -0.05) is 48.5 Å². The number of carbonyl (C=O) groups excluding carboxylic acids is 1. The van der Waals surface area contributed by atoms with E-state index in [0.29, 0.717) is 6.54 Å². The third kappa shape index (κ3) is 5.08. The first-order chi connectivity index (χ1) is 13.0. The van der Waals surface area contributed by atoms with Gasteiger partial charge >= 0.3 is 6.03 Å². The number of hydrogen-bond donors (Lipinski definition) is 2. The van der Waals surface area contributed by atoms with Gasteiger partial charge in [0.25, 0.3) is 0 Å². The van der Waals surface area contributed by atoms with Crippen LogP contribution in [0.1, 0.15) is 24.1 Å². The molecule has 0 aliphatic carbocycles. The molecule has 0 aliphatic heterocycles. The molecule has 1 aromatic heterocycles. The van der Waals surface area contributed by atoms with E-state index in [1.165, 1.54) is 15.6 Å². The van der Waals surface area contributed by atoms with E-state index in [1.54, 1.807) is 11.3 Å². The summed E-state index contributed by atoms with van der Waals surface area (Å²) in [5, 5.41) is 9.60. The Bertz CT molecular complexity index is 875. The molecule has 2 N–H and O–H groups in total. The molecule has 0 aliphatic rings. The number of urea groups is 1. The van der Waals surface area contributed by atoms with Gasteiger partial charge in [-0.15, -0.1) is 11.3 Å². The number of nitrogens with zero attached hydrogens (tertiary/aromatic N) is 1. The summed E-state index contributed by atoms with van der Waals surface area (Å²) in [5.41, 5.74) is 2.44. The summed E-state index contributed by atoms with van der Waals surface area (Å²) in [6, 6.07) is 18.6. The van der Waals surface area contributed by atoms with Gasteiger partial charge in [0.05, 0.1) is 6.04 Å². The molecule has 0 radical (unpaired) electrons. The Morgan fingerprint density at radius 3 is 2.52 bits per heavy atom. The SMILES string of the molecule is C[C@@H](NC(=O)NC[C@H](Cc1csc2ccccc12)N(C)C)c1ccccc1. The second kappa shape index (κ2) is 9.02. The molecule has 142 valence electrons. The third-order valence-corrected chi connectivity index (χ3v) is 5.90. The standard InChI is InChI=1S/C22H27N3OS/c1-16(17-9-5-4-6-10-17)24-22(26)23-14-19(25(2)3)13-18-15-27-21-12-8-7-11-20(18)21/h4-12,15-16,19H,13-14H2,1-3H3,(H2,23,24,26)/t16-,19+/m1/s1. The van der Waals surface area contributed by atoms with Crippen molar-refractivity contribution in [1.82, 2.24) is 15.5 Å². The van der Waals surface area contributed by atoms with Crippen molar-refractivity contribution >= 4 is 27.5 Å². The molecule has 2 aromatic carbocycles. The highest BCUT2D eigenvalue weighted by Gasteiger charge is 2.17. The molecular weight excluding hydrogens is 354 g/mol. The predicted octanol–water partition coefficient (Wildman–Crippen LogP) is 4.43. The topological polar surface area (TPSA) is 44.4 Å². The second-order valence-electron chi connectivity index (χ2n) is 7.07. The molecular formula is C22H27N3OS. The first-order valence-corrected chi connectivity index (χ1v) is 10.1. The van der Waals surface area contributed by atoms with Crippen molar-refractivity contribution in [2.75, 3.05) is 20.6 Å². The third-order valence-electron chi connectivity index (χ3n) is 4.89. The van der Waals surface area contributed by atoms with Crippen LogP contribution in [0.5, 0.6) is 0 Å². The van der Waals surface area contributed by atoms with Gasteiger partial charge in [-0.25, -0.2) is 4.79 Å². The van der Waals surface area contributed by atoms with E-state index in [4.69, 9.17) is 0 Å². The van der Waals surface area contributed by atoms with Crippen LogP contribution in [0.15, 0.2) is 60.0 Å². The van der Waals surface area contributed by atoms with Crippen molar-refractivity contribution in [3.05, 3.63) is 71.1 Å². The maximum absolute atomic E-state index is 12.3. The minimum atomic E-state index is -0.131. The molecule has 3 aromatic rings. The largest absolute Gasteiger partial charge is 0.337 e. The number of amides is 2. The summed E-state index contributed by atoms with van der Waals surface area (Å²) >= 11 is 1.78. The molecule has 2 amide bonds. The number of nitrogens with one attached hydrogen (secondary N) is 2. The molecule has 0 saturated heterocycles. The minimum Gasteiger partial charge on any atom is -0.337 e. The first kappa shape index (κ1) is 19.4. The zero-order valence-corrected chi connectivity index (χ0v) is 16.9. The monoisotopic (exact) mass is 381 g/mol. The quantitative estimate of drug-likeness (QED) is 0.636. The van der Waals surface area contributed by atoms with Gasteiger partial charge in [0, 0.05) is 17.3 Å². The number of rotatable bonds is 7. The summed E-state index contributed by atoms with van der Waals surface area (Å²) in [6.45, 7) is 2.60. The Morgan fingerprint density at radius 2 is 1.78 bits per heavy atom. The van der Waals surface area contributed by atoms with Crippen molar-refractivity contribution < 1.29 is 4.79 Å². The lowest BCUT2D eigenvalue weighted by molar-refractivity contribution is 0.229. The van der Waals surface area contributed by atoms with Gasteiger partial charge in [0.15, 0.2) is 0 Å². The van der Waals surface area contributed by atoms with E-state index < -0.39 is 0 Å². The van der Waals surface area contributed by atoms with Crippen LogP contribution in [0.3, 0.4) is 0 Å². The van der Waals surface area contributed by atoms with E-state index in [2.05, 4.69) is 59.3 Å². The Hall–Kier alpha value is -2.37. The van der Waals surface area contributed by atoms with Crippen LogP contribution in [-0.2, 0) is 6.42 Å². The molecule has 4 nitrogen and oxygen atoms in total. The Labute approximate surface area is 165 Å². The Morgan fingerprint density at radius 1 is 1.07 bits per heavy atom. The lowest BCUT2D eigenvalue weighted by Crippen LogP contribution is -2.45. The maximum Gasteiger partial charge on any atom is 0.315 e. The highest BCUT2D eigenvalue weighted by atomic mass is 32.1. The fourth-order valence-electron chi connectivity index (χ4n) is 3.17. The minimum absolute atomic E-state index is 0.0233. The molecule has 0 fully saturated rings. The first-order valence-electron chi connectivity index (χ1n) is 9.25. The Balaban J connectivity index is 1.57. The van der Waals surface area contributed by atoms with Gasteiger partial charge in [-0.05, 0) is 55.4 Å². The summed E-state index contributed by atoms with van der Waals surface area (Å²) in [5.74, 6) is 0. The number of benzene rings is 2. The molecule has 2 atom stereocenters. The molecule has 0 bridgehead atoms. The molecule has 0 unspecified atom stereocenters. The normalized spacial score (nSPS) is 13.5. The van der Waals surface area contributed by atoms with Gasteiger partial charge in [0.1, 0.15) is 0 Å². The summed E-state index contributed by atoms with van der Waals surface area (Å²) < 4.78 is 1.31. The average molecular weight is 382 g/mol. The van der Waals surface area contributed by atoms with Crippen LogP contribution < -0.4 is 10.6 Å². The molecule has 27 heavy (non-hydrogen) atoms. The van der Waals surface area contributed by atoms with Crippen molar-refractivity contribution in [2.45, 2.75) is 25.4 Å². The predicted molar refractivity (Wildman–Crippen MR) is 114 cm³/mol. The zero-order chi connectivity index (χ0) is 19.2. The van der Waals surface area contributed by atoms with E-state index in [9.17, 15) is 4.79 Å². The number of carbonyl (C=O) groups is 1. The van der Waals surface area contributed by atoms with E-state index in [1.807, 2.05) is 37.3 Å². The highest BCUT2D eigenvalue weighted by Crippen LogP contribution is 2.27. The molecule has 5 heteroatoms. The summed E-state index contributed by atoms with van der Waals surface area (Å²) in [7, 11) is 4.12. The van der Waals surface area contributed by atoms with Crippen molar-refractivity contribution in [3.8, 4) is 0 Å². The summed E-state index contributed by atoms with van der Waals surface area (Å²) in [6.07, 6.45) is 0.908. The molecule has 3 rings (SSSR count). The van der Waals surface area contributed by atoms with E-state index >= 15 is 0 Å². The van der Waals surface area contributed by atoms with Crippen LogP contribution in [0.25, 0.3) is 10.1 Å². The molecule has 0 spiro atoms. The van der Waals surface area contributed by atoms with Crippen LogP contribution in [0, 0.1) is 0 Å². The smallest absolute Gasteiger partial charge is 0.315 e. The lowest BCUT2D eigenvalue weighted by Gasteiger charge is -2.25. The number of likely N-dealkylation sites (N-methyl/N-ethyl adjacent to an activating group) is 1. The highest BCUT2D eigenvalue weighted by molar-refractivity contribution is 7.17. The maximum atomic E-state index is 12.3. The molecule has 1 heterocycles. The number of thiophene rings is 1. The average Bonchev–Trinajstić information content (AvgIpc) is 3.08. The Kier molecular flexibility index (Phi) is 6.48. The van der Waals surface area contributed by atoms with Gasteiger partial charge in [0.2, 0.25) is 0 Å². The van der Waals surface area contributed by atoms with Gasteiger partial charge in [-0.3, -0.25) is 0 Å². The van der Waals surface area contributed by atoms with Crippen LogP contribution in [0.2, 0.25) is 0 Å². The van der Waals surface area contributed by atoms with E-state index in [0.717, 1.165) is 12.0 Å². The van der Waals surface area contributed by atoms with Crippen LogP contribution in [-0.4, -0.2) is 37.6 Å². The zero-order valence-electron chi connectivity index (χ0n) is 16.1. The lowest BCUT2D eigenvalue weighted by atomic mass is 10.0. The van der Waals surface area contributed by atoms with Gasteiger partial charge < -0.3 is 15.5 Å². The van der Waals surface area contributed by atoms with Crippen molar-refractivity contribution in [2.24, 2.45) is 0 Å². The van der Waals surface area contributed by atoms with Crippen molar-refractivity contribution in [3.63, 3.8) is 0 Å². The second-order valence-corrected chi connectivity index (χ2v) is 7.98. The molecule has 0 saturated carbocycles. The fraction of sp³-hybridized carbons (Fsp3) is 0.318. The van der Waals surface area contributed by atoms with Crippen molar-refractivity contribution in [1.29, 1.82) is 0 Å².